The Morgan fingerprint density at radius 1 is 0.953 bits per heavy atom. The van der Waals surface area contributed by atoms with E-state index in [9.17, 15) is 22.8 Å². The Morgan fingerprint density at radius 2 is 1.49 bits per heavy atom. The molecule has 0 saturated carbocycles. The minimum absolute atomic E-state index is 0.00784. The summed E-state index contributed by atoms with van der Waals surface area (Å²) in [6.45, 7) is 9.14. The van der Waals surface area contributed by atoms with Crippen LogP contribution in [-0.2, 0) is 56.2 Å². The van der Waals surface area contributed by atoms with E-state index in [-0.39, 0.29) is 38.3 Å². The Morgan fingerprint density at radius 3 is 2.00 bits per heavy atom. The van der Waals surface area contributed by atoms with E-state index in [4.69, 9.17) is 24.7 Å². The van der Waals surface area contributed by atoms with E-state index < -0.39 is 40.1 Å². The van der Waals surface area contributed by atoms with Crippen molar-refractivity contribution in [1.29, 1.82) is 0 Å². The van der Waals surface area contributed by atoms with Crippen LogP contribution in [-0.4, -0.2) is 67.8 Å². The predicted octanol–water partition coefficient (Wildman–Crippen LogP) is 3.87. The molecule has 1 aliphatic heterocycles. The SMILES string of the molecule is CC(C)(C)OC(=O)N1[C@H](C(=O)OCc2ccccc2)CCOS1(=O)=O.CC(C)OCC[C@H](N)C(=O)OCc1ccccc1. The van der Waals surface area contributed by atoms with Gasteiger partial charge in [-0.2, -0.15) is 12.7 Å². The average Bonchev–Trinajstić information content (AvgIpc) is 2.94. The van der Waals surface area contributed by atoms with Crippen LogP contribution in [0.15, 0.2) is 60.7 Å². The van der Waals surface area contributed by atoms with Crippen molar-refractivity contribution in [2.24, 2.45) is 5.73 Å². The summed E-state index contributed by atoms with van der Waals surface area (Å²) < 4.78 is 49.9. The second kappa shape index (κ2) is 16.9. The number of ether oxygens (including phenoxy) is 4. The number of hydrogen-bond acceptors (Lipinski definition) is 11. The molecule has 1 amide bonds. The topological polar surface area (TPSA) is 161 Å². The van der Waals surface area contributed by atoms with Crippen LogP contribution in [0.1, 0.15) is 58.6 Å². The van der Waals surface area contributed by atoms with Gasteiger partial charge in [0.15, 0.2) is 6.04 Å². The minimum Gasteiger partial charge on any atom is -0.460 e. The first-order chi connectivity index (χ1) is 20.2. The predicted molar refractivity (Wildman–Crippen MR) is 158 cm³/mol. The molecule has 1 fully saturated rings. The van der Waals surface area contributed by atoms with Crippen LogP contribution < -0.4 is 5.73 Å². The molecule has 13 heteroatoms. The number of esters is 2. The van der Waals surface area contributed by atoms with Crippen molar-refractivity contribution < 1.29 is 45.9 Å². The third kappa shape index (κ3) is 13.1. The van der Waals surface area contributed by atoms with Gasteiger partial charge in [0, 0.05) is 13.0 Å². The van der Waals surface area contributed by atoms with E-state index >= 15 is 0 Å². The van der Waals surface area contributed by atoms with Gasteiger partial charge in [0.2, 0.25) is 0 Å². The van der Waals surface area contributed by atoms with Crippen molar-refractivity contribution in [3.63, 3.8) is 0 Å². The zero-order chi connectivity index (χ0) is 32.0. The van der Waals surface area contributed by atoms with Crippen molar-refractivity contribution in [1.82, 2.24) is 4.31 Å². The van der Waals surface area contributed by atoms with Gasteiger partial charge in [-0.05, 0) is 52.2 Å². The average molecular weight is 623 g/mol. The number of rotatable bonds is 10. The third-order valence-electron chi connectivity index (χ3n) is 5.62. The van der Waals surface area contributed by atoms with E-state index in [0.717, 1.165) is 11.1 Å². The lowest BCUT2D eigenvalue weighted by molar-refractivity contribution is -0.151. The molecule has 0 aromatic heterocycles. The van der Waals surface area contributed by atoms with E-state index in [1.54, 1.807) is 45.0 Å². The molecule has 2 aromatic rings. The molecule has 0 aliphatic carbocycles. The van der Waals surface area contributed by atoms with Crippen LogP contribution in [0.25, 0.3) is 0 Å². The Labute approximate surface area is 253 Å². The Balaban J connectivity index is 0.000000317. The maximum Gasteiger partial charge on any atom is 0.426 e. The van der Waals surface area contributed by atoms with Crippen LogP contribution in [0.5, 0.6) is 0 Å². The molecule has 2 aromatic carbocycles. The van der Waals surface area contributed by atoms with Gasteiger partial charge in [0.25, 0.3) is 0 Å². The lowest BCUT2D eigenvalue weighted by Crippen LogP contribution is -2.54. The zero-order valence-corrected chi connectivity index (χ0v) is 26.1. The molecule has 0 spiro atoms. The summed E-state index contributed by atoms with van der Waals surface area (Å²) in [6, 6.07) is 16.5. The number of nitrogens with zero attached hydrogens (tertiary/aromatic N) is 1. The highest BCUT2D eigenvalue weighted by molar-refractivity contribution is 7.85. The van der Waals surface area contributed by atoms with Gasteiger partial charge in [-0.15, -0.1) is 0 Å². The first-order valence-electron chi connectivity index (χ1n) is 13.9. The Hall–Kier alpha value is -3.52. The third-order valence-corrected chi connectivity index (χ3v) is 6.97. The second-order valence-corrected chi connectivity index (χ2v) is 12.3. The van der Waals surface area contributed by atoms with E-state index in [2.05, 4.69) is 4.18 Å². The van der Waals surface area contributed by atoms with Crippen LogP contribution >= 0.6 is 0 Å². The van der Waals surface area contributed by atoms with Gasteiger partial charge in [-0.25, -0.2) is 9.59 Å². The van der Waals surface area contributed by atoms with Crippen molar-refractivity contribution in [2.45, 2.75) is 84.5 Å². The fourth-order valence-electron chi connectivity index (χ4n) is 3.54. The molecule has 2 N–H and O–H groups in total. The molecular formula is C30H42N2O10S. The summed E-state index contributed by atoms with van der Waals surface area (Å²) >= 11 is 0. The first-order valence-corrected chi connectivity index (χ1v) is 15.3. The van der Waals surface area contributed by atoms with Gasteiger partial charge >= 0.3 is 28.3 Å². The normalized spacial score (nSPS) is 16.8. The molecule has 3 rings (SSSR count). The number of benzene rings is 2. The smallest absolute Gasteiger partial charge is 0.426 e. The second-order valence-electron chi connectivity index (χ2n) is 10.9. The highest BCUT2D eigenvalue weighted by Gasteiger charge is 2.46. The number of carbonyl (C=O) groups is 3. The van der Waals surface area contributed by atoms with Crippen LogP contribution in [0.4, 0.5) is 4.79 Å². The fourth-order valence-corrected chi connectivity index (χ4v) is 4.69. The van der Waals surface area contributed by atoms with E-state index in [0.29, 0.717) is 17.3 Å². The van der Waals surface area contributed by atoms with Gasteiger partial charge in [0.05, 0.1) is 12.7 Å². The molecule has 1 heterocycles. The zero-order valence-electron chi connectivity index (χ0n) is 25.3. The van der Waals surface area contributed by atoms with Gasteiger partial charge in [0.1, 0.15) is 24.9 Å². The summed E-state index contributed by atoms with van der Waals surface area (Å²) in [5.74, 6) is -1.22. The summed E-state index contributed by atoms with van der Waals surface area (Å²) in [6.07, 6.45) is -0.552. The molecule has 0 unspecified atom stereocenters. The van der Waals surface area contributed by atoms with Crippen LogP contribution in [0.2, 0.25) is 0 Å². The standard InChI is InChI=1S/C16H21NO7S.C14H21NO3/c1-16(2,3)24-15(19)17-13(9-10-23-25(17,20)21)14(18)22-11-12-7-5-4-6-8-12;1-11(2)17-9-8-13(15)14(16)18-10-12-6-4-3-5-7-12/h4-8,13H,9-11H2,1-3H3;3-7,11,13H,8-10,15H2,1-2H3/t2*13-/m00/s1. The summed E-state index contributed by atoms with van der Waals surface area (Å²) in [7, 11) is -4.41. The summed E-state index contributed by atoms with van der Waals surface area (Å²) in [5.41, 5.74) is 6.49. The van der Waals surface area contributed by atoms with E-state index in [1.807, 2.05) is 50.2 Å². The number of amides is 1. The molecular weight excluding hydrogens is 580 g/mol. The van der Waals surface area contributed by atoms with Crippen LogP contribution in [0.3, 0.4) is 0 Å². The van der Waals surface area contributed by atoms with Gasteiger partial charge in [-0.3, -0.25) is 8.98 Å². The molecule has 1 saturated heterocycles. The Kier molecular flexibility index (Phi) is 14.1. The highest BCUT2D eigenvalue weighted by Crippen LogP contribution is 2.24. The van der Waals surface area contributed by atoms with Crippen molar-refractivity contribution >= 4 is 28.3 Å². The molecule has 43 heavy (non-hydrogen) atoms. The molecule has 2 atom stereocenters. The van der Waals surface area contributed by atoms with Crippen molar-refractivity contribution in [3.05, 3.63) is 71.8 Å². The number of nitrogens with two attached hydrogens (primary N) is 1. The van der Waals surface area contributed by atoms with Gasteiger partial charge < -0.3 is 24.7 Å². The number of carbonyl (C=O) groups excluding carboxylic acids is 3. The monoisotopic (exact) mass is 622 g/mol. The first kappa shape index (κ1) is 35.7. The molecule has 1 aliphatic rings. The highest BCUT2D eigenvalue weighted by atomic mass is 32.2. The lowest BCUT2D eigenvalue weighted by Gasteiger charge is -2.33. The van der Waals surface area contributed by atoms with Crippen molar-refractivity contribution in [2.75, 3.05) is 13.2 Å². The van der Waals surface area contributed by atoms with Crippen LogP contribution in [0, 0.1) is 0 Å². The molecule has 0 radical (unpaired) electrons. The maximum absolute atomic E-state index is 12.3. The maximum atomic E-state index is 12.3. The number of hydrogen-bond donors (Lipinski definition) is 1. The summed E-state index contributed by atoms with van der Waals surface area (Å²) in [5, 5.41) is 0. The fraction of sp³-hybridized carbons (Fsp3) is 0.500. The quantitative estimate of drug-likeness (QED) is 0.302. The largest absolute Gasteiger partial charge is 0.460 e. The molecule has 238 valence electrons. The minimum atomic E-state index is -4.41. The summed E-state index contributed by atoms with van der Waals surface area (Å²) in [4.78, 5) is 36.2. The molecule has 0 bridgehead atoms. The molecule has 12 nitrogen and oxygen atoms in total. The van der Waals surface area contributed by atoms with Gasteiger partial charge in [-0.1, -0.05) is 60.7 Å². The lowest BCUT2D eigenvalue weighted by atomic mass is 10.2. The van der Waals surface area contributed by atoms with Crippen molar-refractivity contribution in [3.8, 4) is 0 Å². The Bertz CT molecular complexity index is 1260. The van der Waals surface area contributed by atoms with E-state index in [1.165, 1.54) is 0 Å².